The van der Waals surface area contributed by atoms with Crippen molar-refractivity contribution in [2.24, 2.45) is 0 Å². The van der Waals surface area contributed by atoms with Gasteiger partial charge in [-0.25, -0.2) is 9.48 Å². The first-order valence-electron chi connectivity index (χ1n) is 6.34. The fraction of sp³-hybridized carbons (Fsp3) is 0.636. The van der Waals surface area contributed by atoms with Gasteiger partial charge in [0.25, 0.3) is 0 Å². The van der Waals surface area contributed by atoms with E-state index in [9.17, 15) is 14.8 Å². The van der Waals surface area contributed by atoms with Crippen LogP contribution in [0.25, 0.3) is 0 Å². The SMILES string of the molecule is COC(=O)c1nn(COCC[Si](C)(C)C)cc1B(O)O. The predicted molar refractivity (Wildman–Crippen MR) is 77.5 cm³/mol. The van der Waals surface area contributed by atoms with Crippen LogP contribution in [0.4, 0.5) is 0 Å². The summed E-state index contributed by atoms with van der Waals surface area (Å²) in [4.78, 5) is 11.5. The molecule has 0 amide bonds. The van der Waals surface area contributed by atoms with Gasteiger partial charge in [-0.15, -0.1) is 0 Å². The molecule has 1 heterocycles. The molecule has 0 atom stereocenters. The van der Waals surface area contributed by atoms with Gasteiger partial charge in [-0.2, -0.15) is 5.10 Å². The molecule has 7 nitrogen and oxygen atoms in total. The van der Waals surface area contributed by atoms with Gasteiger partial charge in [0.15, 0.2) is 5.69 Å². The maximum atomic E-state index is 11.5. The lowest BCUT2D eigenvalue weighted by Crippen LogP contribution is -2.33. The average Bonchev–Trinajstić information content (AvgIpc) is 2.77. The highest BCUT2D eigenvalue weighted by Gasteiger charge is 2.25. The quantitative estimate of drug-likeness (QED) is 0.406. The second-order valence-electron chi connectivity index (χ2n) is 5.69. The number of methoxy groups -OCH3 is 1. The molecular formula is C11H21BN2O5Si. The Balaban J connectivity index is 2.65. The van der Waals surface area contributed by atoms with Crippen molar-refractivity contribution in [1.82, 2.24) is 9.78 Å². The number of hydrogen-bond donors (Lipinski definition) is 2. The molecule has 0 aliphatic carbocycles. The van der Waals surface area contributed by atoms with Gasteiger partial charge in [0.1, 0.15) is 6.73 Å². The minimum atomic E-state index is -1.78. The van der Waals surface area contributed by atoms with E-state index >= 15 is 0 Å². The van der Waals surface area contributed by atoms with E-state index in [2.05, 4.69) is 29.5 Å². The maximum absolute atomic E-state index is 11.5. The molecule has 0 saturated heterocycles. The number of nitrogens with zero attached hydrogens (tertiary/aromatic N) is 2. The number of carbonyl (C=O) groups is 1. The molecule has 0 aliphatic rings. The lowest BCUT2D eigenvalue weighted by molar-refractivity contribution is 0.0583. The Morgan fingerprint density at radius 1 is 1.45 bits per heavy atom. The molecule has 1 aromatic heterocycles. The third-order valence-electron chi connectivity index (χ3n) is 2.67. The number of esters is 1. The molecule has 9 heteroatoms. The van der Waals surface area contributed by atoms with Crippen molar-refractivity contribution in [1.29, 1.82) is 0 Å². The van der Waals surface area contributed by atoms with Gasteiger partial charge in [0.05, 0.1) is 7.11 Å². The van der Waals surface area contributed by atoms with Crippen molar-refractivity contribution in [3.63, 3.8) is 0 Å². The first kappa shape index (κ1) is 16.9. The summed E-state index contributed by atoms with van der Waals surface area (Å²) in [5.41, 5.74) is -0.109. The van der Waals surface area contributed by atoms with Crippen LogP contribution in [0.1, 0.15) is 10.5 Å². The summed E-state index contributed by atoms with van der Waals surface area (Å²) in [6.45, 7) is 7.51. The second kappa shape index (κ2) is 7.02. The third kappa shape index (κ3) is 5.08. The molecule has 2 N–H and O–H groups in total. The Labute approximate surface area is 119 Å². The van der Waals surface area contributed by atoms with E-state index < -0.39 is 21.2 Å². The number of ether oxygens (including phenoxy) is 2. The molecule has 0 fully saturated rings. The van der Waals surface area contributed by atoms with Crippen LogP contribution in [-0.4, -0.2) is 54.7 Å². The van der Waals surface area contributed by atoms with Crippen LogP contribution in [0.5, 0.6) is 0 Å². The number of rotatable bonds is 7. The molecule has 1 aromatic rings. The molecule has 0 radical (unpaired) electrons. The fourth-order valence-corrected chi connectivity index (χ4v) is 2.24. The molecule has 20 heavy (non-hydrogen) atoms. The first-order chi connectivity index (χ1) is 9.24. The minimum absolute atomic E-state index is 0.00523. The van der Waals surface area contributed by atoms with E-state index in [1.165, 1.54) is 18.0 Å². The maximum Gasteiger partial charge on any atom is 0.492 e. The Morgan fingerprint density at radius 2 is 2.10 bits per heavy atom. The topological polar surface area (TPSA) is 93.8 Å². The van der Waals surface area contributed by atoms with E-state index in [-0.39, 0.29) is 17.9 Å². The Morgan fingerprint density at radius 3 is 2.60 bits per heavy atom. The van der Waals surface area contributed by atoms with Crippen molar-refractivity contribution >= 4 is 26.6 Å². The Kier molecular flexibility index (Phi) is 5.93. The van der Waals surface area contributed by atoms with Crippen molar-refractivity contribution in [3.8, 4) is 0 Å². The standard InChI is InChI=1S/C11H21BN2O5Si/c1-18-11(15)10-9(12(16)17)7-14(13-10)8-19-5-6-20(2,3)4/h7,16-17H,5-6,8H2,1-4H3. The average molecular weight is 300 g/mol. The molecule has 0 aliphatic heterocycles. The van der Waals surface area contributed by atoms with Gasteiger partial charge in [-0.3, -0.25) is 0 Å². The summed E-state index contributed by atoms with van der Waals surface area (Å²) in [6, 6.07) is 1.02. The summed E-state index contributed by atoms with van der Waals surface area (Å²) < 4.78 is 11.4. The number of carbonyl (C=O) groups excluding carboxylic acids is 1. The molecule has 0 aromatic carbocycles. The van der Waals surface area contributed by atoms with Crippen LogP contribution >= 0.6 is 0 Å². The van der Waals surface area contributed by atoms with Crippen LogP contribution in [-0.2, 0) is 16.2 Å². The molecule has 0 spiro atoms. The molecular weight excluding hydrogens is 279 g/mol. The second-order valence-corrected chi connectivity index (χ2v) is 11.3. The van der Waals surface area contributed by atoms with Crippen LogP contribution in [0.2, 0.25) is 25.7 Å². The number of hydrogen-bond acceptors (Lipinski definition) is 6. The summed E-state index contributed by atoms with van der Waals surface area (Å²) in [6.07, 6.45) is 1.37. The van der Waals surface area contributed by atoms with Gasteiger partial charge in [-0.1, -0.05) is 19.6 Å². The van der Waals surface area contributed by atoms with Crippen molar-refractivity contribution in [2.45, 2.75) is 32.4 Å². The summed E-state index contributed by atoms with van der Waals surface area (Å²) in [5, 5.41) is 22.3. The summed E-state index contributed by atoms with van der Waals surface area (Å²) in [5.74, 6) is -0.714. The zero-order chi connectivity index (χ0) is 15.3. The summed E-state index contributed by atoms with van der Waals surface area (Å²) >= 11 is 0. The van der Waals surface area contributed by atoms with E-state index in [4.69, 9.17) is 4.74 Å². The van der Waals surface area contributed by atoms with Crippen LogP contribution in [0.3, 0.4) is 0 Å². The van der Waals surface area contributed by atoms with Gasteiger partial charge >= 0.3 is 13.1 Å². The minimum Gasteiger partial charge on any atom is -0.464 e. The first-order valence-corrected chi connectivity index (χ1v) is 10.0. The molecule has 0 saturated carbocycles. The Bertz CT molecular complexity index is 458. The zero-order valence-corrected chi connectivity index (χ0v) is 13.3. The lowest BCUT2D eigenvalue weighted by atomic mass is 9.80. The van der Waals surface area contributed by atoms with Gasteiger partial charge in [0.2, 0.25) is 0 Å². The van der Waals surface area contributed by atoms with E-state index in [0.717, 1.165) is 6.04 Å². The molecule has 1 rings (SSSR count). The predicted octanol–water partition coefficient (Wildman–Crippen LogP) is -0.338. The zero-order valence-electron chi connectivity index (χ0n) is 12.3. The highest BCUT2D eigenvalue weighted by Crippen LogP contribution is 2.07. The highest BCUT2D eigenvalue weighted by molar-refractivity contribution is 6.76. The van der Waals surface area contributed by atoms with E-state index in [0.29, 0.717) is 6.61 Å². The highest BCUT2D eigenvalue weighted by atomic mass is 28.3. The fourth-order valence-electron chi connectivity index (χ4n) is 1.48. The molecule has 0 bridgehead atoms. The Hall–Kier alpha value is -1.16. The van der Waals surface area contributed by atoms with Crippen molar-refractivity contribution in [2.75, 3.05) is 13.7 Å². The van der Waals surface area contributed by atoms with Crippen molar-refractivity contribution < 1.29 is 24.3 Å². The largest absolute Gasteiger partial charge is 0.492 e. The molecule has 0 unspecified atom stereocenters. The summed E-state index contributed by atoms with van der Waals surface area (Å²) in [7, 11) is -1.72. The van der Waals surface area contributed by atoms with Crippen LogP contribution in [0.15, 0.2) is 6.20 Å². The van der Waals surface area contributed by atoms with Gasteiger partial charge < -0.3 is 19.5 Å². The van der Waals surface area contributed by atoms with Crippen LogP contribution in [0, 0.1) is 0 Å². The number of aromatic nitrogens is 2. The monoisotopic (exact) mass is 300 g/mol. The molecule has 112 valence electrons. The smallest absolute Gasteiger partial charge is 0.464 e. The lowest BCUT2D eigenvalue weighted by Gasteiger charge is -2.15. The van der Waals surface area contributed by atoms with Gasteiger partial charge in [-0.05, 0) is 6.04 Å². The third-order valence-corrected chi connectivity index (χ3v) is 4.37. The van der Waals surface area contributed by atoms with E-state index in [1.54, 1.807) is 0 Å². The van der Waals surface area contributed by atoms with E-state index in [1.807, 2.05) is 0 Å². The van der Waals surface area contributed by atoms with Crippen molar-refractivity contribution in [3.05, 3.63) is 11.9 Å². The van der Waals surface area contributed by atoms with Crippen LogP contribution < -0.4 is 5.46 Å². The normalized spacial score (nSPS) is 11.5. The van der Waals surface area contributed by atoms with Gasteiger partial charge in [0, 0.05) is 26.3 Å².